The molecule has 0 fully saturated rings. The number of phenolic OH excluding ortho intramolecular Hbond substituents is 2. The van der Waals surface area contributed by atoms with Gasteiger partial charge in [-0.1, -0.05) is 32.0 Å². The standard InChI is InChI=1S/C16H18O2/c1-3-11-8-9-15(18)14(4-2)16(11)12-6-5-7-13(17)10-12/h5-10,17-18H,3-4H2,1-2H3. The maximum atomic E-state index is 9.98. The number of rotatable bonds is 3. The van der Waals surface area contributed by atoms with Gasteiger partial charge in [0.15, 0.2) is 0 Å². The molecule has 94 valence electrons. The molecule has 2 heteroatoms. The smallest absolute Gasteiger partial charge is 0.119 e. The first-order valence-electron chi connectivity index (χ1n) is 6.30. The molecule has 18 heavy (non-hydrogen) atoms. The predicted molar refractivity (Wildman–Crippen MR) is 74.0 cm³/mol. The summed E-state index contributed by atoms with van der Waals surface area (Å²) in [7, 11) is 0. The van der Waals surface area contributed by atoms with E-state index in [1.807, 2.05) is 25.1 Å². The maximum Gasteiger partial charge on any atom is 0.119 e. The molecule has 2 nitrogen and oxygen atoms in total. The summed E-state index contributed by atoms with van der Waals surface area (Å²) in [5.74, 6) is 0.577. The molecule has 0 aromatic heterocycles. The van der Waals surface area contributed by atoms with E-state index < -0.39 is 0 Å². The highest BCUT2D eigenvalue weighted by atomic mass is 16.3. The van der Waals surface area contributed by atoms with E-state index in [0.717, 1.165) is 29.5 Å². The van der Waals surface area contributed by atoms with Crippen molar-refractivity contribution in [1.29, 1.82) is 0 Å². The number of phenols is 2. The average Bonchev–Trinajstić information content (AvgIpc) is 2.38. The Labute approximate surface area is 108 Å². The van der Waals surface area contributed by atoms with Crippen LogP contribution in [-0.4, -0.2) is 10.2 Å². The molecule has 0 saturated carbocycles. The fourth-order valence-corrected chi connectivity index (χ4v) is 2.36. The molecule has 0 aliphatic rings. The van der Waals surface area contributed by atoms with E-state index in [1.165, 1.54) is 5.56 Å². The van der Waals surface area contributed by atoms with Gasteiger partial charge in [-0.15, -0.1) is 0 Å². The first-order chi connectivity index (χ1) is 8.67. The monoisotopic (exact) mass is 242 g/mol. The Hall–Kier alpha value is -1.96. The largest absolute Gasteiger partial charge is 0.508 e. The zero-order valence-electron chi connectivity index (χ0n) is 10.8. The molecule has 2 N–H and O–H groups in total. The summed E-state index contributed by atoms with van der Waals surface area (Å²) in [6, 6.07) is 10.9. The number of hydrogen-bond donors (Lipinski definition) is 2. The summed E-state index contributed by atoms with van der Waals surface area (Å²) in [5.41, 5.74) is 4.14. The van der Waals surface area contributed by atoms with Gasteiger partial charge < -0.3 is 10.2 Å². The Balaban J connectivity index is 2.71. The molecule has 0 amide bonds. The van der Waals surface area contributed by atoms with Crippen molar-refractivity contribution in [3.63, 3.8) is 0 Å². The van der Waals surface area contributed by atoms with E-state index >= 15 is 0 Å². The van der Waals surface area contributed by atoms with Crippen LogP contribution in [0, 0.1) is 0 Å². The molecular weight excluding hydrogens is 224 g/mol. The van der Waals surface area contributed by atoms with Gasteiger partial charge in [-0.3, -0.25) is 0 Å². The minimum Gasteiger partial charge on any atom is -0.508 e. The molecule has 0 saturated heterocycles. The molecule has 2 aromatic rings. The van der Waals surface area contributed by atoms with Gasteiger partial charge in [0.1, 0.15) is 11.5 Å². The number of hydrogen-bond acceptors (Lipinski definition) is 2. The first kappa shape index (κ1) is 12.5. The third-order valence-corrected chi connectivity index (χ3v) is 3.24. The van der Waals surface area contributed by atoms with Crippen LogP contribution in [0.2, 0.25) is 0 Å². The highest BCUT2D eigenvalue weighted by molar-refractivity contribution is 5.74. The van der Waals surface area contributed by atoms with Crippen LogP contribution in [0.5, 0.6) is 11.5 Å². The summed E-state index contributed by atoms with van der Waals surface area (Å²) in [6.45, 7) is 4.12. The van der Waals surface area contributed by atoms with E-state index in [0.29, 0.717) is 5.75 Å². The van der Waals surface area contributed by atoms with Crippen LogP contribution in [0.1, 0.15) is 25.0 Å². The quantitative estimate of drug-likeness (QED) is 0.857. The van der Waals surface area contributed by atoms with Gasteiger partial charge in [0, 0.05) is 5.56 Å². The van der Waals surface area contributed by atoms with Crippen molar-refractivity contribution in [2.75, 3.05) is 0 Å². The second-order valence-corrected chi connectivity index (χ2v) is 4.35. The van der Waals surface area contributed by atoms with E-state index in [1.54, 1.807) is 18.2 Å². The molecule has 0 unspecified atom stereocenters. The Kier molecular flexibility index (Phi) is 3.56. The first-order valence-corrected chi connectivity index (χ1v) is 6.30. The lowest BCUT2D eigenvalue weighted by atomic mass is 9.91. The second-order valence-electron chi connectivity index (χ2n) is 4.35. The highest BCUT2D eigenvalue weighted by Crippen LogP contribution is 2.35. The normalized spacial score (nSPS) is 10.6. The lowest BCUT2D eigenvalue weighted by molar-refractivity contribution is 0.468. The highest BCUT2D eigenvalue weighted by Gasteiger charge is 2.13. The van der Waals surface area contributed by atoms with Crippen molar-refractivity contribution in [2.24, 2.45) is 0 Å². The number of benzene rings is 2. The van der Waals surface area contributed by atoms with E-state index in [9.17, 15) is 10.2 Å². The molecule has 2 rings (SSSR count). The van der Waals surface area contributed by atoms with Crippen LogP contribution in [0.15, 0.2) is 36.4 Å². The summed E-state index contributed by atoms with van der Waals surface area (Å²) >= 11 is 0. The second kappa shape index (κ2) is 5.13. The zero-order chi connectivity index (χ0) is 13.1. The van der Waals surface area contributed by atoms with Crippen molar-refractivity contribution in [3.05, 3.63) is 47.5 Å². The zero-order valence-corrected chi connectivity index (χ0v) is 10.8. The van der Waals surface area contributed by atoms with Crippen molar-refractivity contribution in [3.8, 4) is 22.6 Å². The third kappa shape index (κ3) is 2.19. The molecule has 0 atom stereocenters. The Morgan fingerprint density at radius 2 is 1.72 bits per heavy atom. The van der Waals surface area contributed by atoms with Crippen molar-refractivity contribution < 1.29 is 10.2 Å². The fraction of sp³-hybridized carbons (Fsp3) is 0.250. The molecule has 0 radical (unpaired) electrons. The van der Waals surface area contributed by atoms with Crippen LogP contribution in [0.3, 0.4) is 0 Å². The summed E-state index contributed by atoms with van der Waals surface area (Å²) in [6.07, 6.45) is 1.67. The van der Waals surface area contributed by atoms with Gasteiger partial charge in [-0.25, -0.2) is 0 Å². The van der Waals surface area contributed by atoms with Crippen LogP contribution in [0.25, 0.3) is 11.1 Å². The average molecular weight is 242 g/mol. The lowest BCUT2D eigenvalue weighted by Gasteiger charge is -2.15. The molecule has 2 aromatic carbocycles. The maximum absolute atomic E-state index is 9.98. The Morgan fingerprint density at radius 3 is 2.33 bits per heavy atom. The fourth-order valence-electron chi connectivity index (χ4n) is 2.36. The van der Waals surface area contributed by atoms with E-state index in [4.69, 9.17) is 0 Å². The minimum atomic E-state index is 0.250. The molecule has 0 heterocycles. The minimum absolute atomic E-state index is 0.250. The summed E-state index contributed by atoms with van der Waals surface area (Å²) in [4.78, 5) is 0. The van der Waals surface area contributed by atoms with Gasteiger partial charge >= 0.3 is 0 Å². The van der Waals surface area contributed by atoms with Gasteiger partial charge in [0.2, 0.25) is 0 Å². The van der Waals surface area contributed by atoms with Crippen molar-refractivity contribution in [2.45, 2.75) is 26.7 Å². The third-order valence-electron chi connectivity index (χ3n) is 3.24. The molecule has 0 bridgehead atoms. The van der Waals surface area contributed by atoms with Gasteiger partial charge in [0.05, 0.1) is 0 Å². The molecule has 0 aliphatic heterocycles. The van der Waals surface area contributed by atoms with E-state index in [-0.39, 0.29) is 5.75 Å². The Morgan fingerprint density at radius 1 is 0.944 bits per heavy atom. The SMILES string of the molecule is CCc1ccc(O)c(CC)c1-c1cccc(O)c1. The van der Waals surface area contributed by atoms with Crippen LogP contribution in [0.4, 0.5) is 0 Å². The topological polar surface area (TPSA) is 40.5 Å². The van der Waals surface area contributed by atoms with Gasteiger partial charge in [0.25, 0.3) is 0 Å². The summed E-state index contributed by atoms with van der Waals surface area (Å²) in [5, 5.41) is 19.6. The van der Waals surface area contributed by atoms with Gasteiger partial charge in [-0.2, -0.15) is 0 Å². The van der Waals surface area contributed by atoms with Crippen molar-refractivity contribution in [1.82, 2.24) is 0 Å². The predicted octanol–water partition coefficient (Wildman–Crippen LogP) is 3.89. The lowest BCUT2D eigenvalue weighted by Crippen LogP contribution is -1.95. The number of aromatic hydroxyl groups is 2. The van der Waals surface area contributed by atoms with E-state index in [2.05, 4.69) is 6.92 Å². The molecule has 0 spiro atoms. The van der Waals surface area contributed by atoms with Gasteiger partial charge in [-0.05, 0) is 47.7 Å². The van der Waals surface area contributed by atoms with Crippen molar-refractivity contribution >= 4 is 0 Å². The molecular formula is C16H18O2. The number of aryl methyl sites for hydroxylation is 1. The van der Waals surface area contributed by atoms with Crippen LogP contribution >= 0.6 is 0 Å². The Bertz CT molecular complexity index is 559. The van der Waals surface area contributed by atoms with Crippen LogP contribution in [-0.2, 0) is 12.8 Å². The summed E-state index contributed by atoms with van der Waals surface area (Å²) < 4.78 is 0. The molecule has 0 aliphatic carbocycles. The van der Waals surface area contributed by atoms with Crippen LogP contribution < -0.4 is 0 Å².